The van der Waals surface area contributed by atoms with Crippen molar-refractivity contribution in [2.45, 2.75) is 0 Å². The lowest BCUT2D eigenvalue weighted by Crippen LogP contribution is -1.97. The van der Waals surface area contributed by atoms with Crippen molar-refractivity contribution in [1.82, 2.24) is 0 Å². The molecule has 0 saturated carbocycles. The van der Waals surface area contributed by atoms with Gasteiger partial charge in [-0.3, -0.25) is 0 Å². The molecular formula is C11H7ClN4. The molecule has 0 aliphatic heterocycles. The van der Waals surface area contributed by atoms with Crippen molar-refractivity contribution in [1.29, 1.82) is 10.5 Å². The average molecular weight is 231 g/mol. The second-order valence-electron chi connectivity index (χ2n) is 2.80. The zero-order valence-corrected chi connectivity index (χ0v) is 8.94. The van der Waals surface area contributed by atoms with E-state index in [2.05, 4.69) is 4.99 Å². The van der Waals surface area contributed by atoms with Gasteiger partial charge in [-0.05, 0) is 17.7 Å². The molecule has 1 rings (SSSR count). The molecule has 5 heteroatoms. The smallest absolute Gasteiger partial charge is 0.174 e. The molecule has 0 fully saturated rings. The van der Waals surface area contributed by atoms with Crippen molar-refractivity contribution in [3.63, 3.8) is 0 Å². The van der Waals surface area contributed by atoms with Gasteiger partial charge in [0.1, 0.15) is 17.8 Å². The molecule has 0 amide bonds. The Labute approximate surface area is 97.9 Å². The van der Waals surface area contributed by atoms with E-state index in [-0.39, 0.29) is 11.4 Å². The van der Waals surface area contributed by atoms with Crippen LogP contribution in [0.4, 0.5) is 0 Å². The van der Waals surface area contributed by atoms with Crippen molar-refractivity contribution in [3.05, 3.63) is 46.2 Å². The molecule has 0 heterocycles. The number of hydrogen-bond acceptors (Lipinski definition) is 4. The number of nitrogens with zero attached hydrogens (tertiary/aromatic N) is 3. The molecule has 0 aromatic heterocycles. The lowest BCUT2D eigenvalue weighted by atomic mass is 10.2. The summed E-state index contributed by atoms with van der Waals surface area (Å²) in [5.41, 5.74) is 5.74. The molecule has 0 unspecified atom stereocenters. The molecule has 0 spiro atoms. The third-order valence-electron chi connectivity index (χ3n) is 1.69. The number of allylic oxidation sites excluding steroid dienone is 2. The highest BCUT2D eigenvalue weighted by molar-refractivity contribution is 6.30. The fourth-order valence-corrected chi connectivity index (χ4v) is 1.03. The number of rotatable bonds is 2. The molecule has 4 nitrogen and oxygen atoms in total. The van der Waals surface area contributed by atoms with Crippen molar-refractivity contribution < 1.29 is 0 Å². The van der Waals surface area contributed by atoms with Gasteiger partial charge >= 0.3 is 0 Å². The van der Waals surface area contributed by atoms with Gasteiger partial charge in [0.2, 0.25) is 0 Å². The number of aliphatic imine (C=N–C) groups is 1. The van der Waals surface area contributed by atoms with Crippen LogP contribution in [0.3, 0.4) is 0 Å². The van der Waals surface area contributed by atoms with Gasteiger partial charge < -0.3 is 5.73 Å². The van der Waals surface area contributed by atoms with E-state index >= 15 is 0 Å². The Bertz CT molecular complexity index is 514. The van der Waals surface area contributed by atoms with E-state index in [9.17, 15) is 0 Å². The van der Waals surface area contributed by atoms with E-state index in [0.29, 0.717) is 5.02 Å². The highest BCUT2D eigenvalue weighted by Crippen LogP contribution is 2.08. The molecule has 0 bridgehead atoms. The SMILES string of the molecule is N#CC(N)=C(C#N)N=Cc1ccc(Cl)cc1. The van der Waals surface area contributed by atoms with E-state index in [4.69, 9.17) is 27.9 Å². The summed E-state index contributed by atoms with van der Waals surface area (Å²) in [5, 5.41) is 17.8. The summed E-state index contributed by atoms with van der Waals surface area (Å²) in [6, 6.07) is 10.3. The maximum atomic E-state index is 8.68. The van der Waals surface area contributed by atoms with E-state index < -0.39 is 0 Å². The average Bonchev–Trinajstić information content (AvgIpc) is 2.31. The summed E-state index contributed by atoms with van der Waals surface area (Å²) in [4.78, 5) is 3.82. The van der Waals surface area contributed by atoms with Gasteiger partial charge in [-0.2, -0.15) is 10.5 Å². The summed E-state index contributed by atoms with van der Waals surface area (Å²) in [7, 11) is 0. The molecule has 16 heavy (non-hydrogen) atoms. The third kappa shape index (κ3) is 3.13. The Balaban J connectivity index is 2.94. The van der Waals surface area contributed by atoms with Crippen molar-refractivity contribution >= 4 is 17.8 Å². The fourth-order valence-electron chi connectivity index (χ4n) is 0.900. The molecule has 0 saturated heterocycles. The van der Waals surface area contributed by atoms with Crippen LogP contribution in [0.15, 0.2) is 40.7 Å². The van der Waals surface area contributed by atoms with Crippen LogP contribution >= 0.6 is 11.6 Å². The second-order valence-corrected chi connectivity index (χ2v) is 3.23. The van der Waals surface area contributed by atoms with E-state index in [1.807, 2.05) is 0 Å². The van der Waals surface area contributed by atoms with Gasteiger partial charge in [0.05, 0.1) is 0 Å². The Kier molecular flexibility index (Phi) is 4.08. The summed E-state index contributed by atoms with van der Waals surface area (Å²) < 4.78 is 0. The highest BCUT2D eigenvalue weighted by atomic mass is 35.5. The van der Waals surface area contributed by atoms with Crippen LogP contribution < -0.4 is 5.73 Å². The zero-order valence-electron chi connectivity index (χ0n) is 8.18. The number of nitriles is 2. The lowest BCUT2D eigenvalue weighted by molar-refractivity contribution is 1.27. The molecule has 0 aliphatic carbocycles. The number of hydrogen-bond donors (Lipinski definition) is 1. The molecule has 78 valence electrons. The van der Waals surface area contributed by atoms with Crippen LogP contribution in [0.1, 0.15) is 5.56 Å². The van der Waals surface area contributed by atoms with Gasteiger partial charge in [-0.1, -0.05) is 23.7 Å². The third-order valence-corrected chi connectivity index (χ3v) is 1.95. The Morgan fingerprint density at radius 2 is 1.88 bits per heavy atom. The summed E-state index contributed by atoms with van der Waals surface area (Å²) in [6.45, 7) is 0. The van der Waals surface area contributed by atoms with Crippen LogP contribution in [0.5, 0.6) is 0 Å². The maximum Gasteiger partial charge on any atom is 0.174 e. The Hall–Kier alpha value is -2.30. The van der Waals surface area contributed by atoms with Crippen LogP contribution in [0.25, 0.3) is 0 Å². The minimum Gasteiger partial charge on any atom is -0.388 e. The van der Waals surface area contributed by atoms with Gasteiger partial charge in [-0.25, -0.2) is 4.99 Å². The normalized spacial score (nSPS) is 11.7. The fraction of sp³-hybridized carbons (Fsp3) is 0. The van der Waals surface area contributed by atoms with Crippen LogP contribution in [0.2, 0.25) is 5.02 Å². The Morgan fingerprint density at radius 1 is 1.25 bits per heavy atom. The van der Waals surface area contributed by atoms with E-state index in [0.717, 1.165) is 5.56 Å². The number of benzene rings is 1. The number of nitrogens with two attached hydrogens (primary N) is 1. The van der Waals surface area contributed by atoms with Gasteiger partial charge in [-0.15, -0.1) is 0 Å². The highest BCUT2D eigenvalue weighted by Gasteiger charge is 1.98. The van der Waals surface area contributed by atoms with Crippen molar-refractivity contribution in [2.24, 2.45) is 10.7 Å². The molecule has 0 atom stereocenters. The standard InChI is InChI=1S/C11H7ClN4/c12-9-3-1-8(2-4-9)7-16-11(6-14)10(15)5-13/h1-4,7H,15H2. The first-order chi connectivity index (χ1) is 7.67. The zero-order chi connectivity index (χ0) is 12.0. The monoisotopic (exact) mass is 230 g/mol. The molecule has 0 radical (unpaired) electrons. The second kappa shape index (κ2) is 5.55. The molecule has 1 aromatic rings. The first kappa shape index (κ1) is 11.8. The van der Waals surface area contributed by atoms with Crippen LogP contribution in [-0.4, -0.2) is 6.21 Å². The quantitative estimate of drug-likeness (QED) is 0.623. The minimum atomic E-state index is -0.201. The van der Waals surface area contributed by atoms with Gasteiger partial charge in [0, 0.05) is 11.2 Å². The van der Waals surface area contributed by atoms with E-state index in [1.165, 1.54) is 6.21 Å². The predicted octanol–water partition coefficient (Wildman–Crippen LogP) is 1.98. The molecular weight excluding hydrogens is 224 g/mol. The van der Waals surface area contributed by atoms with E-state index in [1.54, 1.807) is 36.4 Å². The minimum absolute atomic E-state index is 0.0996. The lowest BCUT2D eigenvalue weighted by Gasteiger charge is -1.93. The molecule has 1 aromatic carbocycles. The summed E-state index contributed by atoms with van der Waals surface area (Å²) >= 11 is 5.71. The van der Waals surface area contributed by atoms with Crippen LogP contribution in [0, 0.1) is 22.7 Å². The maximum absolute atomic E-state index is 8.68. The molecule has 2 N–H and O–H groups in total. The summed E-state index contributed by atoms with van der Waals surface area (Å²) in [6.07, 6.45) is 1.44. The topological polar surface area (TPSA) is 86.0 Å². The van der Waals surface area contributed by atoms with Crippen LogP contribution in [-0.2, 0) is 0 Å². The van der Waals surface area contributed by atoms with Gasteiger partial charge in [0.25, 0.3) is 0 Å². The van der Waals surface area contributed by atoms with Gasteiger partial charge in [0.15, 0.2) is 5.70 Å². The first-order valence-electron chi connectivity index (χ1n) is 4.27. The predicted molar refractivity (Wildman–Crippen MR) is 61.5 cm³/mol. The van der Waals surface area contributed by atoms with Crippen molar-refractivity contribution in [3.8, 4) is 12.1 Å². The van der Waals surface area contributed by atoms with Crippen molar-refractivity contribution in [2.75, 3.05) is 0 Å². The largest absolute Gasteiger partial charge is 0.388 e. The Morgan fingerprint density at radius 3 is 2.38 bits per heavy atom. The summed E-state index contributed by atoms with van der Waals surface area (Å²) in [5.74, 6) is 0. The molecule has 0 aliphatic rings. The first-order valence-corrected chi connectivity index (χ1v) is 4.64. The number of halogens is 1.